The largest absolute Gasteiger partial charge is 0.495 e. The van der Waals surface area contributed by atoms with Gasteiger partial charge in [-0.25, -0.2) is 13.4 Å². The fraction of sp³-hybridized carbons (Fsp3) is 0.458. The summed E-state index contributed by atoms with van der Waals surface area (Å²) in [6.07, 6.45) is 1.32. The lowest BCUT2D eigenvalue weighted by atomic mass is 10.2. The number of fused-ring (bicyclic) bond motifs is 1. The van der Waals surface area contributed by atoms with Gasteiger partial charge in [-0.2, -0.15) is 4.31 Å². The second-order valence-corrected chi connectivity index (χ2v) is 11.6. The first kappa shape index (κ1) is 26.1. The van der Waals surface area contributed by atoms with Crippen LogP contribution in [0.25, 0.3) is 10.2 Å². The minimum atomic E-state index is -3.95. The lowest BCUT2D eigenvalue weighted by Gasteiger charge is -2.35. The zero-order valence-electron chi connectivity index (χ0n) is 20.9. The molecule has 0 aliphatic carbocycles. The molecule has 0 saturated carbocycles. The maximum absolute atomic E-state index is 13.8. The Balaban J connectivity index is 1.64. The molecule has 1 fully saturated rings. The van der Waals surface area contributed by atoms with Crippen LogP contribution in [0.5, 0.6) is 5.75 Å². The maximum Gasteiger partial charge on any atom is 0.263 e. The van der Waals surface area contributed by atoms with E-state index in [9.17, 15) is 18.0 Å². The van der Waals surface area contributed by atoms with Gasteiger partial charge in [0, 0.05) is 44.1 Å². The maximum atomic E-state index is 13.8. The van der Waals surface area contributed by atoms with Crippen LogP contribution in [0.2, 0.25) is 0 Å². The summed E-state index contributed by atoms with van der Waals surface area (Å²) in [7, 11) is -2.34. The Labute approximate surface area is 214 Å². The van der Waals surface area contributed by atoms with Crippen LogP contribution < -0.4 is 15.2 Å². The van der Waals surface area contributed by atoms with Crippen molar-refractivity contribution < 1.29 is 17.9 Å². The second kappa shape index (κ2) is 10.6. The number of aryl methyl sites for hydroxylation is 1. The number of thiophene rings is 1. The van der Waals surface area contributed by atoms with Crippen LogP contribution in [0.1, 0.15) is 18.7 Å². The number of likely N-dealkylation sites (N-methyl/N-ethyl adjacent to an activating group) is 1. The van der Waals surface area contributed by atoms with Crippen molar-refractivity contribution in [2.45, 2.75) is 32.2 Å². The van der Waals surface area contributed by atoms with Gasteiger partial charge in [-0.1, -0.05) is 12.1 Å². The Bertz CT molecular complexity index is 1420. The molecule has 1 aliphatic heterocycles. The molecule has 3 aromatic rings. The highest BCUT2D eigenvalue weighted by Gasteiger charge is 2.34. The average molecular weight is 534 g/mol. The molecule has 0 spiro atoms. The van der Waals surface area contributed by atoms with Gasteiger partial charge < -0.3 is 14.5 Å². The number of para-hydroxylation sites is 2. The smallest absolute Gasteiger partial charge is 0.263 e. The minimum Gasteiger partial charge on any atom is -0.495 e. The molecule has 12 heteroatoms. The topological polar surface area (TPSA) is 105 Å². The molecule has 4 rings (SSSR count). The van der Waals surface area contributed by atoms with Gasteiger partial charge in [-0.3, -0.25) is 14.2 Å². The lowest BCUT2D eigenvalue weighted by Crippen LogP contribution is -2.49. The van der Waals surface area contributed by atoms with Crippen LogP contribution in [-0.2, 0) is 21.4 Å². The molecule has 0 atom stereocenters. The van der Waals surface area contributed by atoms with Crippen molar-refractivity contribution >= 4 is 43.2 Å². The third-order valence-electron chi connectivity index (χ3n) is 6.48. The Morgan fingerprint density at radius 1 is 1.14 bits per heavy atom. The number of ether oxygens (including phenoxy) is 1. The first-order chi connectivity index (χ1) is 17.2. The quantitative estimate of drug-likeness (QED) is 0.437. The Morgan fingerprint density at radius 3 is 2.44 bits per heavy atom. The Morgan fingerprint density at radius 2 is 1.81 bits per heavy atom. The molecule has 0 bridgehead atoms. The number of piperazine rings is 1. The summed E-state index contributed by atoms with van der Waals surface area (Å²) in [4.78, 5) is 34.9. The van der Waals surface area contributed by atoms with Crippen molar-refractivity contribution in [3.05, 3.63) is 45.8 Å². The van der Waals surface area contributed by atoms with Crippen molar-refractivity contribution in [1.29, 1.82) is 0 Å². The Kier molecular flexibility index (Phi) is 7.67. The molecule has 194 valence electrons. The summed E-state index contributed by atoms with van der Waals surface area (Å²) in [5.74, 6) is 0.520. The first-order valence-corrected chi connectivity index (χ1v) is 14.1. The molecule has 3 heterocycles. The highest BCUT2D eigenvalue weighted by molar-refractivity contribution is 7.89. The van der Waals surface area contributed by atoms with Gasteiger partial charge in [-0.15, -0.1) is 11.3 Å². The van der Waals surface area contributed by atoms with Gasteiger partial charge >= 0.3 is 0 Å². The van der Waals surface area contributed by atoms with Gasteiger partial charge in [0.1, 0.15) is 22.0 Å². The van der Waals surface area contributed by atoms with E-state index in [4.69, 9.17) is 4.74 Å². The molecule has 1 saturated heterocycles. The summed E-state index contributed by atoms with van der Waals surface area (Å²) in [5, 5.41) is 0.0551. The zero-order chi connectivity index (χ0) is 26.0. The van der Waals surface area contributed by atoms with Gasteiger partial charge in [0.2, 0.25) is 15.9 Å². The number of benzene rings is 1. The number of hydrogen-bond acceptors (Lipinski definition) is 8. The number of aromatic nitrogens is 2. The van der Waals surface area contributed by atoms with E-state index in [-0.39, 0.29) is 35.8 Å². The van der Waals surface area contributed by atoms with Gasteiger partial charge in [0.05, 0.1) is 24.5 Å². The molecule has 0 unspecified atom stereocenters. The number of hydrogen-bond donors (Lipinski definition) is 0. The van der Waals surface area contributed by atoms with Crippen molar-refractivity contribution in [3.63, 3.8) is 0 Å². The summed E-state index contributed by atoms with van der Waals surface area (Å²) >= 11 is 1.18. The van der Waals surface area contributed by atoms with E-state index in [1.807, 2.05) is 38.1 Å². The predicted octanol–water partition coefficient (Wildman–Crippen LogP) is 2.15. The molecule has 0 radical (unpaired) electrons. The molecular weight excluding hydrogens is 502 g/mol. The molecule has 36 heavy (non-hydrogen) atoms. The number of methoxy groups -OCH3 is 1. The molecule has 10 nitrogen and oxygen atoms in total. The van der Waals surface area contributed by atoms with E-state index in [1.165, 1.54) is 26.5 Å². The number of amides is 1. The predicted molar refractivity (Wildman–Crippen MR) is 141 cm³/mol. The standard InChI is InChI=1S/C24H31N5O5S2/c1-5-26(6-2)20(30)15-28-16-25-23-21(24(28)31)22(17(3)35-23)36(32,33)29-13-11-27(12-14-29)18-9-7-8-10-19(18)34-4/h7-10,16H,5-6,11-15H2,1-4H3. The number of nitrogens with zero attached hydrogens (tertiary/aromatic N) is 5. The summed E-state index contributed by atoms with van der Waals surface area (Å²) in [6.45, 7) is 7.81. The van der Waals surface area contributed by atoms with Crippen LogP contribution in [0, 0.1) is 6.92 Å². The summed E-state index contributed by atoms with van der Waals surface area (Å²) in [5.41, 5.74) is 0.398. The monoisotopic (exact) mass is 533 g/mol. The Hall–Kier alpha value is -2.96. The van der Waals surface area contributed by atoms with Crippen LogP contribution in [0.4, 0.5) is 5.69 Å². The van der Waals surface area contributed by atoms with Crippen molar-refractivity contribution in [2.75, 3.05) is 51.3 Å². The fourth-order valence-electron chi connectivity index (χ4n) is 4.55. The molecule has 1 aliphatic rings. The molecular formula is C24H31N5O5S2. The highest BCUT2D eigenvalue weighted by atomic mass is 32.2. The van der Waals surface area contributed by atoms with Gasteiger partial charge in [-0.05, 0) is 32.9 Å². The first-order valence-electron chi connectivity index (χ1n) is 11.9. The van der Waals surface area contributed by atoms with Crippen LogP contribution in [0.3, 0.4) is 0 Å². The van der Waals surface area contributed by atoms with Gasteiger partial charge in [0.15, 0.2) is 0 Å². The molecule has 1 amide bonds. The number of carbonyl (C=O) groups excluding carboxylic acids is 1. The third kappa shape index (κ3) is 4.72. The number of anilines is 1. The molecule has 1 aromatic carbocycles. The van der Waals surface area contributed by atoms with Crippen LogP contribution in [-0.4, -0.2) is 79.5 Å². The van der Waals surface area contributed by atoms with E-state index in [0.29, 0.717) is 35.9 Å². The zero-order valence-corrected chi connectivity index (χ0v) is 22.6. The lowest BCUT2D eigenvalue weighted by molar-refractivity contribution is -0.131. The average Bonchev–Trinajstić information content (AvgIpc) is 3.24. The van der Waals surface area contributed by atoms with E-state index in [1.54, 1.807) is 18.9 Å². The second-order valence-electron chi connectivity index (χ2n) is 8.47. The minimum absolute atomic E-state index is 0.00428. The van der Waals surface area contributed by atoms with E-state index in [2.05, 4.69) is 9.88 Å². The summed E-state index contributed by atoms with van der Waals surface area (Å²) in [6, 6.07) is 7.64. The summed E-state index contributed by atoms with van der Waals surface area (Å²) < 4.78 is 35.6. The number of carbonyl (C=O) groups is 1. The number of sulfonamides is 1. The highest BCUT2D eigenvalue weighted by Crippen LogP contribution is 2.34. The van der Waals surface area contributed by atoms with Crippen molar-refractivity contribution in [3.8, 4) is 5.75 Å². The SMILES string of the molecule is CCN(CC)C(=O)Cn1cnc2sc(C)c(S(=O)(=O)N3CCN(c4ccccc4OC)CC3)c2c1=O. The van der Waals surface area contributed by atoms with Crippen LogP contribution >= 0.6 is 11.3 Å². The van der Waals surface area contributed by atoms with E-state index in [0.717, 1.165) is 11.4 Å². The van der Waals surface area contributed by atoms with Crippen molar-refractivity contribution in [1.82, 2.24) is 18.8 Å². The van der Waals surface area contributed by atoms with Gasteiger partial charge in [0.25, 0.3) is 5.56 Å². The van der Waals surface area contributed by atoms with E-state index >= 15 is 0 Å². The van der Waals surface area contributed by atoms with Crippen molar-refractivity contribution in [2.24, 2.45) is 0 Å². The number of rotatable bonds is 8. The molecule has 2 aromatic heterocycles. The fourth-order valence-corrected chi connectivity index (χ4v) is 7.64. The molecule has 0 N–H and O–H groups in total. The third-order valence-corrected chi connectivity index (χ3v) is 9.70. The van der Waals surface area contributed by atoms with E-state index < -0.39 is 15.6 Å². The normalized spacial score (nSPS) is 14.8. The van der Waals surface area contributed by atoms with Crippen LogP contribution in [0.15, 0.2) is 40.3 Å².